The number of ether oxygens (including phenoxy) is 1. The van der Waals surface area contributed by atoms with E-state index in [-0.39, 0.29) is 12.4 Å². The third kappa shape index (κ3) is 9.39. The molecule has 0 aliphatic rings. The first-order valence-corrected chi connectivity index (χ1v) is 6.90. The van der Waals surface area contributed by atoms with Gasteiger partial charge in [0, 0.05) is 19.6 Å². The average molecular weight is 260 g/mol. The predicted octanol–water partition coefficient (Wildman–Crippen LogP) is 0.622. The molecule has 0 rings (SSSR count). The number of hydrogen-bond donors (Lipinski definition) is 2. The van der Waals surface area contributed by atoms with Crippen molar-refractivity contribution in [3.05, 3.63) is 0 Å². The summed E-state index contributed by atoms with van der Waals surface area (Å²) in [6.45, 7) is 10.8. The number of hydrogen-bond acceptors (Lipinski definition) is 5. The Morgan fingerprint density at radius 3 is 2.61 bits per heavy atom. The van der Waals surface area contributed by atoms with Crippen molar-refractivity contribution in [3.63, 3.8) is 0 Å². The van der Waals surface area contributed by atoms with Gasteiger partial charge in [0.15, 0.2) is 0 Å². The van der Waals surface area contributed by atoms with E-state index < -0.39 is 6.10 Å². The van der Waals surface area contributed by atoms with E-state index in [0.717, 1.165) is 32.6 Å². The van der Waals surface area contributed by atoms with Crippen molar-refractivity contribution in [2.24, 2.45) is 0 Å². The molecule has 0 fully saturated rings. The van der Waals surface area contributed by atoms with Crippen molar-refractivity contribution in [3.8, 4) is 0 Å². The van der Waals surface area contributed by atoms with Crippen LogP contribution in [0.25, 0.3) is 0 Å². The highest BCUT2D eigenvalue weighted by Crippen LogP contribution is 1.94. The lowest BCUT2D eigenvalue weighted by molar-refractivity contribution is -0.145. The summed E-state index contributed by atoms with van der Waals surface area (Å²) in [5, 5.41) is 12.8. The van der Waals surface area contributed by atoms with Crippen molar-refractivity contribution in [1.29, 1.82) is 0 Å². The highest BCUT2D eigenvalue weighted by atomic mass is 16.5. The smallest absolute Gasteiger partial charge is 0.308 e. The zero-order valence-corrected chi connectivity index (χ0v) is 11.9. The first-order valence-electron chi connectivity index (χ1n) is 6.90. The predicted molar refractivity (Wildman–Crippen MR) is 72.5 cm³/mol. The third-order valence-electron chi connectivity index (χ3n) is 2.68. The molecule has 0 aliphatic heterocycles. The molecule has 0 saturated heterocycles. The lowest BCUT2D eigenvalue weighted by Gasteiger charge is -2.20. The molecule has 0 heterocycles. The minimum atomic E-state index is -0.662. The molecule has 0 aromatic rings. The number of nitrogens with one attached hydrogen (secondary N) is 1. The minimum absolute atomic E-state index is 0.0628. The Morgan fingerprint density at radius 2 is 2.06 bits per heavy atom. The maximum atomic E-state index is 11.1. The van der Waals surface area contributed by atoms with Gasteiger partial charge in [-0.15, -0.1) is 0 Å². The quantitative estimate of drug-likeness (QED) is 0.421. The fourth-order valence-corrected chi connectivity index (χ4v) is 1.73. The molecule has 1 atom stereocenters. The van der Waals surface area contributed by atoms with E-state index in [9.17, 15) is 9.90 Å². The lowest BCUT2D eigenvalue weighted by Crippen LogP contribution is -2.36. The van der Waals surface area contributed by atoms with Crippen LogP contribution in [0.2, 0.25) is 0 Å². The molecule has 0 aliphatic carbocycles. The maximum absolute atomic E-state index is 11.1. The van der Waals surface area contributed by atoms with Crippen LogP contribution in [-0.2, 0) is 9.53 Å². The Morgan fingerprint density at radius 1 is 1.33 bits per heavy atom. The number of nitrogens with zero attached hydrogens (tertiary/aromatic N) is 1. The van der Waals surface area contributed by atoms with Crippen molar-refractivity contribution in [1.82, 2.24) is 10.2 Å². The summed E-state index contributed by atoms with van der Waals surface area (Å²) in [5.41, 5.74) is 0. The van der Waals surface area contributed by atoms with Gasteiger partial charge in [0.25, 0.3) is 0 Å². The van der Waals surface area contributed by atoms with E-state index in [2.05, 4.69) is 24.1 Å². The largest absolute Gasteiger partial charge is 0.466 e. The van der Waals surface area contributed by atoms with Crippen molar-refractivity contribution < 1.29 is 14.6 Å². The molecule has 18 heavy (non-hydrogen) atoms. The van der Waals surface area contributed by atoms with Crippen LogP contribution in [0.1, 0.15) is 33.6 Å². The molecular weight excluding hydrogens is 232 g/mol. The normalized spacial score (nSPS) is 12.7. The molecule has 0 spiro atoms. The van der Waals surface area contributed by atoms with Gasteiger partial charge in [-0.2, -0.15) is 0 Å². The molecule has 108 valence electrons. The second-order valence-corrected chi connectivity index (χ2v) is 4.30. The number of aliphatic hydroxyl groups is 1. The number of aliphatic hydroxyl groups excluding tert-OH is 1. The first kappa shape index (κ1) is 17.4. The highest BCUT2D eigenvalue weighted by Gasteiger charge is 2.11. The van der Waals surface area contributed by atoms with Gasteiger partial charge in [0.05, 0.1) is 19.1 Å². The van der Waals surface area contributed by atoms with Crippen LogP contribution in [0.5, 0.6) is 0 Å². The molecular formula is C13H28N2O3. The summed E-state index contributed by atoms with van der Waals surface area (Å²) in [5.74, 6) is -0.340. The number of carbonyl (C=O) groups is 1. The second-order valence-electron chi connectivity index (χ2n) is 4.30. The first-order chi connectivity index (χ1) is 8.63. The molecule has 5 nitrogen and oxygen atoms in total. The van der Waals surface area contributed by atoms with E-state index in [0.29, 0.717) is 13.2 Å². The van der Waals surface area contributed by atoms with Crippen LogP contribution >= 0.6 is 0 Å². The number of esters is 1. The molecule has 0 aromatic heterocycles. The Labute approximate surface area is 110 Å². The van der Waals surface area contributed by atoms with Crippen LogP contribution in [0.4, 0.5) is 0 Å². The van der Waals surface area contributed by atoms with Crippen LogP contribution in [-0.4, -0.2) is 61.4 Å². The fraction of sp³-hybridized carbons (Fsp3) is 0.923. The molecule has 2 N–H and O–H groups in total. The third-order valence-corrected chi connectivity index (χ3v) is 2.68. The monoisotopic (exact) mass is 260 g/mol. The van der Waals surface area contributed by atoms with E-state index in [1.807, 2.05) is 0 Å². The van der Waals surface area contributed by atoms with Gasteiger partial charge < -0.3 is 20.1 Å². The van der Waals surface area contributed by atoms with Gasteiger partial charge in [-0.25, -0.2) is 0 Å². The lowest BCUT2D eigenvalue weighted by atomic mass is 10.2. The van der Waals surface area contributed by atoms with Crippen molar-refractivity contribution >= 4 is 5.97 Å². The number of rotatable bonds is 11. The summed E-state index contributed by atoms with van der Waals surface area (Å²) in [4.78, 5) is 13.5. The van der Waals surface area contributed by atoms with Crippen LogP contribution in [0.3, 0.4) is 0 Å². The SMILES string of the molecule is CCCN(CC)CCNCC(O)CC(=O)OCC. The van der Waals surface area contributed by atoms with E-state index in [4.69, 9.17) is 4.74 Å². The molecule has 1 unspecified atom stereocenters. The second kappa shape index (κ2) is 11.4. The van der Waals surface area contributed by atoms with Crippen molar-refractivity contribution in [2.75, 3.05) is 39.3 Å². The zero-order chi connectivity index (χ0) is 13.8. The highest BCUT2D eigenvalue weighted by molar-refractivity contribution is 5.69. The summed E-state index contributed by atoms with van der Waals surface area (Å²) in [7, 11) is 0. The van der Waals surface area contributed by atoms with Gasteiger partial charge >= 0.3 is 5.97 Å². The van der Waals surface area contributed by atoms with Gasteiger partial charge in [0.1, 0.15) is 0 Å². The van der Waals surface area contributed by atoms with Crippen molar-refractivity contribution in [2.45, 2.75) is 39.7 Å². The Balaban J connectivity index is 3.55. The van der Waals surface area contributed by atoms with Gasteiger partial charge in [-0.1, -0.05) is 13.8 Å². The molecule has 0 aromatic carbocycles. The van der Waals surface area contributed by atoms with Crippen LogP contribution in [0, 0.1) is 0 Å². The number of likely N-dealkylation sites (N-methyl/N-ethyl adjacent to an activating group) is 1. The summed E-state index contributed by atoms with van der Waals surface area (Å²) >= 11 is 0. The van der Waals surface area contributed by atoms with Gasteiger partial charge in [0.2, 0.25) is 0 Å². The molecule has 0 amide bonds. The number of carbonyl (C=O) groups excluding carboxylic acids is 1. The molecule has 5 heteroatoms. The standard InChI is InChI=1S/C13H28N2O3/c1-4-8-15(5-2)9-7-14-11-12(16)10-13(17)18-6-3/h12,14,16H,4-11H2,1-3H3. The maximum Gasteiger partial charge on any atom is 0.308 e. The minimum Gasteiger partial charge on any atom is -0.466 e. The topological polar surface area (TPSA) is 61.8 Å². The molecule has 0 radical (unpaired) electrons. The van der Waals surface area contributed by atoms with Gasteiger partial charge in [-0.05, 0) is 26.4 Å². The Bertz CT molecular complexity index is 212. The van der Waals surface area contributed by atoms with E-state index >= 15 is 0 Å². The van der Waals surface area contributed by atoms with E-state index in [1.54, 1.807) is 6.92 Å². The van der Waals surface area contributed by atoms with Crippen LogP contribution < -0.4 is 5.32 Å². The van der Waals surface area contributed by atoms with Crippen LogP contribution in [0.15, 0.2) is 0 Å². The fourth-order valence-electron chi connectivity index (χ4n) is 1.73. The molecule has 0 saturated carbocycles. The summed E-state index contributed by atoms with van der Waals surface area (Å²) in [6, 6.07) is 0. The Kier molecular flexibility index (Phi) is 11.0. The van der Waals surface area contributed by atoms with E-state index in [1.165, 1.54) is 0 Å². The average Bonchev–Trinajstić information content (AvgIpc) is 2.33. The summed E-state index contributed by atoms with van der Waals surface area (Å²) < 4.78 is 4.77. The summed E-state index contributed by atoms with van der Waals surface area (Å²) in [6.07, 6.45) is 0.553. The Hall–Kier alpha value is -0.650. The molecule has 0 bridgehead atoms. The zero-order valence-electron chi connectivity index (χ0n) is 11.9. The van der Waals surface area contributed by atoms with Gasteiger partial charge in [-0.3, -0.25) is 4.79 Å².